The Morgan fingerprint density at radius 3 is 1.85 bits per heavy atom. The first-order valence-electron chi connectivity index (χ1n) is 8.06. The van der Waals surface area contributed by atoms with E-state index >= 15 is 0 Å². The molecule has 0 fully saturated rings. The van der Waals surface area contributed by atoms with E-state index in [9.17, 15) is 17.6 Å². The number of anilines is 3. The molecule has 0 saturated carbocycles. The lowest BCUT2D eigenvalue weighted by atomic mass is 10.1. The number of aryl methyl sites for hydroxylation is 2. The predicted octanol–water partition coefficient (Wildman–Crippen LogP) is 6.64. The largest absolute Gasteiger partial charge is 0.305 e. The molecule has 0 amide bonds. The number of rotatable bonds is 3. The third-order valence-corrected chi connectivity index (χ3v) is 4.25. The lowest BCUT2D eigenvalue weighted by molar-refractivity contribution is 0.487. The van der Waals surface area contributed by atoms with Crippen LogP contribution in [0.1, 0.15) is 16.7 Å². The summed E-state index contributed by atoms with van der Waals surface area (Å²) in [5.74, 6) is -4.04. The molecule has 0 aromatic heterocycles. The van der Waals surface area contributed by atoms with Gasteiger partial charge in [0.25, 0.3) is 0 Å². The van der Waals surface area contributed by atoms with Crippen LogP contribution < -0.4 is 4.90 Å². The summed E-state index contributed by atoms with van der Waals surface area (Å²) in [6.07, 6.45) is 0. The van der Waals surface area contributed by atoms with Gasteiger partial charge in [0.2, 0.25) is 0 Å². The second kappa shape index (κ2) is 6.83. The van der Waals surface area contributed by atoms with Crippen molar-refractivity contribution in [2.24, 2.45) is 0 Å². The highest BCUT2D eigenvalue weighted by Crippen LogP contribution is 2.39. The van der Waals surface area contributed by atoms with Gasteiger partial charge in [-0.05, 0) is 50.6 Å². The van der Waals surface area contributed by atoms with Crippen molar-refractivity contribution >= 4 is 17.1 Å². The normalized spacial score (nSPS) is 10.9. The molecule has 0 aliphatic carbocycles. The van der Waals surface area contributed by atoms with Crippen LogP contribution in [0.4, 0.5) is 34.6 Å². The van der Waals surface area contributed by atoms with E-state index in [1.165, 1.54) is 17.0 Å². The average Bonchev–Trinajstić information content (AvgIpc) is 2.61. The van der Waals surface area contributed by atoms with E-state index in [0.717, 1.165) is 18.6 Å². The van der Waals surface area contributed by atoms with Gasteiger partial charge < -0.3 is 4.90 Å². The van der Waals surface area contributed by atoms with Gasteiger partial charge in [-0.1, -0.05) is 23.8 Å². The number of benzene rings is 3. The van der Waals surface area contributed by atoms with Gasteiger partial charge >= 0.3 is 0 Å². The first-order valence-corrected chi connectivity index (χ1v) is 8.06. The van der Waals surface area contributed by atoms with Gasteiger partial charge in [0.1, 0.15) is 11.6 Å². The van der Waals surface area contributed by atoms with E-state index in [1.807, 2.05) is 6.92 Å². The molecule has 26 heavy (non-hydrogen) atoms. The van der Waals surface area contributed by atoms with Crippen molar-refractivity contribution in [1.82, 2.24) is 0 Å². The Morgan fingerprint density at radius 1 is 0.615 bits per heavy atom. The Balaban J connectivity index is 2.30. The second-order valence-corrected chi connectivity index (χ2v) is 6.26. The molecule has 0 aliphatic rings. The maximum absolute atomic E-state index is 14.6. The molecule has 0 bridgehead atoms. The molecular formula is C21H17F4N. The molecular weight excluding hydrogens is 342 g/mol. The van der Waals surface area contributed by atoms with Crippen molar-refractivity contribution in [1.29, 1.82) is 0 Å². The SMILES string of the molecule is Cc1ccc(N(c2ccc(C)cc2F)c2cc(F)c(C)c(F)c2F)cc1. The lowest BCUT2D eigenvalue weighted by Crippen LogP contribution is -2.15. The van der Waals surface area contributed by atoms with E-state index in [-0.39, 0.29) is 5.69 Å². The molecule has 3 rings (SSSR count). The number of nitrogens with zero attached hydrogens (tertiary/aromatic N) is 1. The molecule has 0 spiro atoms. The molecule has 134 valence electrons. The molecule has 0 unspecified atom stereocenters. The highest BCUT2D eigenvalue weighted by molar-refractivity contribution is 5.77. The monoisotopic (exact) mass is 359 g/mol. The van der Waals surface area contributed by atoms with Crippen LogP contribution in [-0.4, -0.2) is 0 Å². The van der Waals surface area contributed by atoms with Gasteiger partial charge in [0.15, 0.2) is 11.6 Å². The molecule has 3 aromatic rings. The van der Waals surface area contributed by atoms with Crippen molar-refractivity contribution in [2.75, 3.05) is 4.90 Å². The zero-order valence-corrected chi connectivity index (χ0v) is 14.6. The Morgan fingerprint density at radius 2 is 1.23 bits per heavy atom. The topological polar surface area (TPSA) is 3.24 Å². The third-order valence-electron chi connectivity index (χ3n) is 4.25. The minimum Gasteiger partial charge on any atom is -0.305 e. The molecule has 3 aromatic carbocycles. The van der Waals surface area contributed by atoms with E-state index in [2.05, 4.69) is 0 Å². The van der Waals surface area contributed by atoms with Crippen LogP contribution in [0.2, 0.25) is 0 Å². The fourth-order valence-corrected chi connectivity index (χ4v) is 2.73. The van der Waals surface area contributed by atoms with Crippen LogP contribution in [-0.2, 0) is 0 Å². The van der Waals surface area contributed by atoms with E-state index in [4.69, 9.17) is 0 Å². The van der Waals surface area contributed by atoms with Gasteiger partial charge in [0, 0.05) is 17.3 Å². The summed E-state index contributed by atoms with van der Waals surface area (Å²) >= 11 is 0. The Hall–Kier alpha value is -2.82. The van der Waals surface area contributed by atoms with Gasteiger partial charge in [-0.2, -0.15) is 0 Å². The molecule has 0 aliphatic heterocycles. The molecule has 5 heteroatoms. The Bertz CT molecular complexity index is 965. The summed E-state index contributed by atoms with van der Waals surface area (Å²) in [4.78, 5) is 1.18. The zero-order valence-electron chi connectivity index (χ0n) is 14.6. The van der Waals surface area contributed by atoms with Crippen LogP contribution in [0.25, 0.3) is 0 Å². The fraction of sp³-hybridized carbons (Fsp3) is 0.143. The van der Waals surface area contributed by atoms with Gasteiger partial charge in [0.05, 0.1) is 11.4 Å². The molecule has 0 N–H and O–H groups in total. The third kappa shape index (κ3) is 3.17. The first kappa shape index (κ1) is 18.0. The molecule has 0 atom stereocenters. The first-order chi connectivity index (χ1) is 12.3. The van der Waals surface area contributed by atoms with Crippen molar-refractivity contribution in [2.45, 2.75) is 20.8 Å². The van der Waals surface area contributed by atoms with E-state index in [0.29, 0.717) is 11.3 Å². The molecule has 0 heterocycles. The number of halogens is 4. The van der Waals surface area contributed by atoms with E-state index < -0.39 is 34.5 Å². The lowest BCUT2D eigenvalue weighted by Gasteiger charge is -2.27. The highest BCUT2D eigenvalue weighted by Gasteiger charge is 2.24. The maximum atomic E-state index is 14.6. The standard InChI is InChI=1S/C21H17F4N/c1-12-4-7-15(8-5-12)26(18-9-6-13(2)10-17(18)23)19-11-16(22)14(3)20(24)21(19)25/h4-11H,1-3H3. The molecule has 0 saturated heterocycles. The smallest absolute Gasteiger partial charge is 0.183 e. The van der Waals surface area contributed by atoms with Crippen molar-refractivity contribution in [3.63, 3.8) is 0 Å². The van der Waals surface area contributed by atoms with Crippen LogP contribution >= 0.6 is 0 Å². The number of hydrogen-bond donors (Lipinski definition) is 0. The summed E-state index contributed by atoms with van der Waals surface area (Å²) in [5.41, 5.74) is 1.20. The summed E-state index contributed by atoms with van der Waals surface area (Å²) in [5, 5.41) is 0. The number of hydrogen-bond acceptors (Lipinski definition) is 1. The van der Waals surface area contributed by atoms with Crippen molar-refractivity contribution in [3.8, 4) is 0 Å². The minimum atomic E-state index is -1.29. The Kier molecular flexibility index (Phi) is 4.72. The van der Waals surface area contributed by atoms with E-state index in [1.54, 1.807) is 37.3 Å². The van der Waals surface area contributed by atoms with Crippen LogP contribution in [0, 0.1) is 44.0 Å². The van der Waals surface area contributed by atoms with Gasteiger partial charge in [-0.3, -0.25) is 0 Å². The van der Waals surface area contributed by atoms with Gasteiger partial charge in [-0.25, -0.2) is 17.6 Å². The maximum Gasteiger partial charge on any atom is 0.183 e. The molecule has 1 nitrogen and oxygen atoms in total. The summed E-state index contributed by atoms with van der Waals surface area (Å²) in [6, 6.07) is 12.1. The molecule has 0 radical (unpaired) electrons. The fourth-order valence-electron chi connectivity index (χ4n) is 2.73. The summed E-state index contributed by atoms with van der Waals surface area (Å²) in [7, 11) is 0. The van der Waals surface area contributed by atoms with Crippen LogP contribution in [0.5, 0.6) is 0 Å². The average molecular weight is 359 g/mol. The van der Waals surface area contributed by atoms with Crippen LogP contribution in [0.3, 0.4) is 0 Å². The predicted molar refractivity (Wildman–Crippen MR) is 95.2 cm³/mol. The van der Waals surface area contributed by atoms with Crippen molar-refractivity contribution in [3.05, 3.63) is 88.5 Å². The zero-order chi connectivity index (χ0) is 19.0. The second-order valence-electron chi connectivity index (χ2n) is 6.26. The van der Waals surface area contributed by atoms with Gasteiger partial charge in [-0.15, -0.1) is 0 Å². The van der Waals surface area contributed by atoms with Crippen molar-refractivity contribution < 1.29 is 17.6 Å². The van der Waals surface area contributed by atoms with Crippen LogP contribution in [0.15, 0.2) is 48.5 Å². The minimum absolute atomic E-state index is 0.000932. The quantitative estimate of drug-likeness (QED) is 0.374. The summed E-state index contributed by atoms with van der Waals surface area (Å²) in [6.45, 7) is 4.74. The Labute approximate surface area is 149 Å². The highest BCUT2D eigenvalue weighted by atomic mass is 19.2. The summed E-state index contributed by atoms with van der Waals surface area (Å²) < 4.78 is 57.5.